The molecule has 0 heterocycles. The molecule has 2 aromatic carbocycles. The van der Waals surface area contributed by atoms with Crippen molar-refractivity contribution in [1.29, 1.82) is 0 Å². The fraction of sp³-hybridized carbons (Fsp3) is 0.391. The zero-order valence-electron chi connectivity index (χ0n) is 17.1. The van der Waals surface area contributed by atoms with Gasteiger partial charge in [-0.3, -0.25) is 9.59 Å². The average molecular weight is 382 g/mol. The molecule has 0 bridgehead atoms. The van der Waals surface area contributed by atoms with E-state index in [1.807, 2.05) is 49.4 Å². The third-order valence-corrected chi connectivity index (χ3v) is 4.58. The van der Waals surface area contributed by atoms with Crippen molar-refractivity contribution in [3.05, 3.63) is 71.3 Å². The van der Waals surface area contributed by atoms with Crippen molar-refractivity contribution in [2.45, 2.75) is 39.3 Å². The van der Waals surface area contributed by atoms with E-state index in [2.05, 4.69) is 34.7 Å². The lowest BCUT2D eigenvalue weighted by Crippen LogP contribution is -2.33. The van der Waals surface area contributed by atoms with Gasteiger partial charge in [-0.15, -0.1) is 0 Å². The smallest absolute Gasteiger partial charge is 0.222 e. The Morgan fingerprint density at radius 3 is 2.36 bits per heavy atom. The summed E-state index contributed by atoms with van der Waals surface area (Å²) >= 11 is 0. The minimum absolute atomic E-state index is 0.0509. The predicted molar refractivity (Wildman–Crippen MR) is 113 cm³/mol. The number of hydrogen-bond donors (Lipinski definition) is 2. The Labute approximate surface area is 168 Å². The number of nitrogens with one attached hydrogen (secondary N) is 2. The number of carbonyl (C=O) groups is 2. The summed E-state index contributed by atoms with van der Waals surface area (Å²) in [5, 5.41) is 5.84. The lowest BCUT2D eigenvalue weighted by atomic mass is 10.0. The highest BCUT2D eigenvalue weighted by Gasteiger charge is 2.16. The summed E-state index contributed by atoms with van der Waals surface area (Å²) in [7, 11) is 2.08. The van der Waals surface area contributed by atoms with Gasteiger partial charge in [-0.2, -0.15) is 0 Å². The highest BCUT2D eigenvalue weighted by atomic mass is 16.2. The Kier molecular flexibility index (Phi) is 8.69. The molecular formula is C23H31N3O2. The van der Waals surface area contributed by atoms with Crippen molar-refractivity contribution in [1.82, 2.24) is 15.5 Å². The van der Waals surface area contributed by atoms with Crippen LogP contribution in [-0.2, 0) is 16.1 Å². The summed E-state index contributed by atoms with van der Waals surface area (Å²) < 4.78 is 0. The van der Waals surface area contributed by atoms with Crippen LogP contribution in [0.2, 0.25) is 0 Å². The third-order valence-electron chi connectivity index (χ3n) is 4.58. The molecule has 150 valence electrons. The van der Waals surface area contributed by atoms with Gasteiger partial charge in [0, 0.05) is 20.0 Å². The highest BCUT2D eigenvalue weighted by molar-refractivity contribution is 5.79. The summed E-state index contributed by atoms with van der Waals surface area (Å²) in [6.07, 6.45) is 1.12. The molecule has 0 radical (unpaired) electrons. The molecule has 0 fully saturated rings. The second-order valence-corrected chi connectivity index (χ2v) is 7.29. The van der Waals surface area contributed by atoms with E-state index in [-0.39, 0.29) is 24.3 Å². The molecule has 0 aliphatic rings. The minimum Gasteiger partial charge on any atom is -0.356 e. The van der Waals surface area contributed by atoms with Crippen LogP contribution in [0.15, 0.2) is 54.6 Å². The summed E-state index contributed by atoms with van der Waals surface area (Å²) in [5.41, 5.74) is 3.37. The quantitative estimate of drug-likeness (QED) is 0.621. The monoisotopic (exact) mass is 381 g/mol. The molecule has 0 aliphatic heterocycles. The standard InChI is InChI=1S/C23H31N3O2/c1-18-10-12-21(13-11-18)22(25-19(2)27)16-23(28)24-14-7-15-26(3)17-20-8-5-4-6-9-20/h4-6,8-13,22H,7,14-17H2,1-3H3,(H,24,28)(H,25,27). The summed E-state index contributed by atoms with van der Waals surface area (Å²) in [6.45, 7) is 5.91. The van der Waals surface area contributed by atoms with Gasteiger partial charge in [-0.25, -0.2) is 0 Å². The van der Waals surface area contributed by atoms with Crippen LogP contribution >= 0.6 is 0 Å². The van der Waals surface area contributed by atoms with Crippen LogP contribution in [0.3, 0.4) is 0 Å². The molecule has 28 heavy (non-hydrogen) atoms. The van der Waals surface area contributed by atoms with Crippen molar-refractivity contribution in [3.8, 4) is 0 Å². The molecule has 0 spiro atoms. The maximum absolute atomic E-state index is 12.3. The van der Waals surface area contributed by atoms with Gasteiger partial charge >= 0.3 is 0 Å². The molecule has 2 rings (SSSR count). The van der Waals surface area contributed by atoms with Crippen molar-refractivity contribution in [2.75, 3.05) is 20.1 Å². The van der Waals surface area contributed by atoms with E-state index < -0.39 is 0 Å². The first-order valence-electron chi connectivity index (χ1n) is 9.77. The van der Waals surface area contributed by atoms with Gasteiger partial charge in [0.1, 0.15) is 0 Å². The molecule has 1 unspecified atom stereocenters. The van der Waals surface area contributed by atoms with Gasteiger partial charge in [0.15, 0.2) is 0 Å². The lowest BCUT2D eigenvalue weighted by Gasteiger charge is -2.19. The molecule has 2 amide bonds. The molecule has 0 aliphatic carbocycles. The molecule has 2 aromatic rings. The second-order valence-electron chi connectivity index (χ2n) is 7.29. The maximum Gasteiger partial charge on any atom is 0.222 e. The molecule has 2 N–H and O–H groups in total. The normalized spacial score (nSPS) is 11.9. The first kappa shape index (κ1) is 21.6. The van der Waals surface area contributed by atoms with Gasteiger partial charge < -0.3 is 15.5 Å². The average Bonchev–Trinajstić information content (AvgIpc) is 2.66. The van der Waals surface area contributed by atoms with Crippen LogP contribution in [0.5, 0.6) is 0 Å². The van der Waals surface area contributed by atoms with E-state index in [9.17, 15) is 9.59 Å². The van der Waals surface area contributed by atoms with Gasteiger partial charge in [0.2, 0.25) is 11.8 Å². The Bertz CT molecular complexity index is 744. The fourth-order valence-electron chi connectivity index (χ4n) is 3.10. The van der Waals surface area contributed by atoms with E-state index >= 15 is 0 Å². The van der Waals surface area contributed by atoms with E-state index in [4.69, 9.17) is 0 Å². The van der Waals surface area contributed by atoms with Crippen LogP contribution in [0, 0.1) is 6.92 Å². The third kappa shape index (κ3) is 7.92. The van der Waals surface area contributed by atoms with Crippen molar-refractivity contribution >= 4 is 11.8 Å². The Hall–Kier alpha value is -2.66. The van der Waals surface area contributed by atoms with Crippen molar-refractivity contribution in [3.63, 3.8) is 0 Å². The number of amides is 2. The number of rotatable bonds is 10. The van der Waals surface area contributed by atoms with Crippen molar-refractivity contribution in [2.24, 2.45) is 0 Å². The molecule has 5 nitrogen and oxygen atoms in total. The summed E-state index contributed by atoms with van der Waals surface area (Å²) in [6, 6.07) is 17.9. The number of aryl methyl sites for hydroxylation is 1. The van der Waals surface area contributed by atoms with E-state index in [1.54, 1.807) is 0 Å². The maximum atomic E-state index is 12.3. The molecular weight excluding hydrogens is 350 g/mol. The van der Waals surface area contributed by atoms with Crippen molar-refractivity contribution < 1.29 is 9.59 Å². The van der Waals surface area contributed by atoms with Crippen LogP contribution in [0.1, 0.15) is 42.5 Å². The number of carbonyl (C=O) groups excluding carboxylic acids is 2. The first-order chi connectivity index (χ1) is 13.4. The number of hydrogen-bond acceptors (Lipinski definition) is 3. The van der Waals surface area contributed by atoms with Crippen LogP contribution in [0.4, 0.5) is 0 Å². The molecule has 1 atom stereocenters. The predicted octanol–water partition coefficient (Wildman–Crippen LogP) is 3.20. The molecule has 5 heteroatoms. The van der Waals surface area contributed by atoms with Crippen LogP contribution in [0.25, 0.3) is 0 Å². The molecule has 0 aromatic heterocycles. The van der Waals surface area contributed by atoms with E-state index in [0.29, 0.717) is 6.54 Å². The van der Waals surface area contributed by atoms with Gasteiger partial charge in [-0.1, -0.05) is 60.2 Å². The number of benzene rings is 2. The first-order valence-corrected chi connectivity index (χ1v) is 9.77. The van der Waals surface area contributed by atoms with Gasteiger partial charge in [0.05, 0.1) is 12.5 Å². The number of nitrogens with zero attached hydrogens (tertiary/aromatic N) is 1. The van der Waals surface area contributed by atoms with Crippen LogP contribution in [-0.4, -0.2) is 36.9 Å². The van der Waals surface area contributed by atoms with Gasteiger partial charge in [0.25, 0.3) is 0 Å². The molecule has 0 saturated heterocycles. The van der Waals surface area contributed by atoms with Gasteiger partial charge in [-0.05, 0) is 38.1 Å². The fourth-order valence-corrected chi connectivity index (χ4v) is 3.10. The zero-order chi connectivity index (χ0) is 20.4. The summed E-state index contributed by atoms with van der Waals surface area (Å²) in [5.74, 6) is -0.189. The Balaban J connectivity index is 1.74. The SMILES string of the molecule is CC(=O)NC(CC(=O)NCCCN(C)Cc1ccccc1)c1ccc(C)cc1. The molecule has 0 saturated carbocycles. The Morgan fingerprint density at radius 1 is 1.04 bits per heavy atom. The zero-order valence-corrected chi connectivity index (χ0v) is 17.1. The second kappa shape index (κ2) is 11.2. The largest absolute Gasteiger partial charge is 0.356 e. The topological polar surface area (TPSA) is 61.4 Å². The Morgan fingerprint density at radius 2 is 1.71 bits per heavy atom. The van der Waals surface area contributed by atoms with E-state index in [1.165, 1.54) is 12.5 Å². The highest BCUT2D eigenvalue weighted by Crippen LogP contribution is 2.17. The minimum atomic E-state index is -0.307. The van der Waals surface area contributed by atoms with Crippen LogP contribution < -0.4 is 10.6 Å². The lowest BCUT2D eigenvalue weighted by molar-refractivity contribution is -0.122. The van der Waals surface area contributed by atoms with E-state index in [0.717, 1.165) is 30.6 Å². The summed E-state index contributed by atoms with van der Waals surface area (Å²) in [4.78, 5) is 26.1.